The van der Waals surface area contributed by atoms with Crippen LogP contribution in [0, 0.1) is 12.8 Å². The summed E-state index contributed by atoms with van der Waals surface area (Å²) in [5.41, 5.74) is 1.30. The number of rotatable bonds is 8. The molecule has 0 heterocycles. The molecule has 126 valence electrons. The fourth-order valence-electron chi connectivity index (χ4n) is 2.07. The van der Waals surface area contributed by atoms with Crippen LogP contribution in [0.3, 0.4) is 0 Å². The smallest absolute Gasteiger partial charge is 0.337 e. The Morgan fingerprint density at radius 3 is 2.61 bits per heavy atom. The molecule has 0 bridgehead atoms. The molecule has 1 rings (SSSR count). The summed E-state index contributed by atoms with van der Waals surface area (Å²) in [6, 6.07) is 4.85. The van der Waals surface area contributed by atoms with Crippen LogP contribution in [-0.4, -0.2) is 28.2 Å². The van der Waals surface area contributed by atoms with E-state index in [1.54, 1.807) is 18.2 Å². The van der Waals surface area contributed by atoms with Crippen molar-refractivity contribution in [1.29, 1.82) is 0 Å². The Kier molecular flexibility index (Phi) is 7.48. The van der Waals surface area contributed by atoms with E-state index in [0.29, 0.717) is 24.9 Å². The topological polar surface area (TPSA) is 86.6 Å². The molecule has 1 aromatic rings. The summed E-state index contributed by atoms with van der Waals surface area (Å²) in [4.78, 5) is 23.2. The molecule has 23 heavy (non-hydrogen) atoms. The van der Waals surface area contributed by atoms with Gasteiger partial charge in [-0.1, -0.05) is 32.1 Å². The molecule has 0 aliphatic rings. The van der Waals surface area contributed by atoms with Crippen molar-refractivity contribution in [3.8, 4) is 0 Å². The number of carbonyl (C=O) groups excluding carboxylic acids is 1. The van der Waals surface area contributed by atoms with Gasteiger partial charge >= 0.3 is 5.97 Å². The first-order valence-electron chi connectivity index (χ1n) is 7.83. The van der Waals surface area contributed by atoms with Gasteiger partial charge in [-0.2, -0.15) is 0 Å². The fraction of sp³-hybridized carbons (Fsp3) is 0.444. The highest BCUT2D eigenvalue weighted by atomic mass is 16.4. The molecule has 1 aromatic carbocycles. The third-order valence-corrected chi connectivity index (χ3v) is 3.59. The summed E-state index contributed by atoms with van der Waals surface area (Å²) in [5, 5.41) is 21.3. The zero-order chi connectivity index (χ0) is 17.4. The van der Waals surface area contributed by atoms with Crippen LogP contribution >= 0.6 is 0 Å². The maximum Gasteiger partial charge on any atom is 0.337 e. The number of hydrogen-bond acceptors (Lipinski definition) is 3. The lowest BCUT2D eigenvalue weighted by molar-refractivity contribution is -0.116. The van der Waals surface area contributed by atoms with E-state index in [9.17, 15) is 14.7 Å². The molecule has 0 aromatic heterocycles. The maximum absolute atomic E-state index is 12.0. The largest absolute Gasteiger partial charge is 0.478 e. The van der Waals surface area contributed by atoms with Crippen molar-refractivity contribution in [2.45, 2.75) is 46.1 Å². The van der Waals surface area contributed by atoms with Crippen LogP contribution in [0.4, 0.5) is 5.69 Å². The minimum Gasteiger partial charge on any atom is -0.478 e. The van der Waals surface area contributed by atoms with Gasteiger partial charge < -0.3 is 15.5 Å². The molecule has 0 saturated heterocycles. The number of carboxylic acids is 1. The summed E-state index contributed by atoms with van der Waals surface area (Å²) in [7, 11) is 0. The monoisotopic (exact) mass is 319 g/mol. The summed E-state index contributed by atoms with van der Waals surface area (Å²) in [6.07, 6.45) is 4.78. The highest BCUT2D eigenvalue weighted by Crippen LogP contribution is 2.18. The van der Waals surface area contributed by atoms with Gasteiger partial charge in [0.05, 0.1) is 17.4 Å². The van der Waals surface area contributed by atoms with Gasteiger partial charge in [-0.3, -0.25) is 4.79 Å². The van der Waals surface area contributed by atoms with Crippen LogP contribution in [0.15, 0.2) is 30.4 Å². The number of aliphatic hydroxyl groups excluding tert-OH is 1. The van der Waals surface area contributed by atoms with Crippen molar-refractivity contribution in [2.24, 2.45) is 5.92 Å². The number of hydrogen-bond donors (Lipinski definition) is 3. The first-order chi connectivity index (χ1) is 10.8. The molecular formula is C18H25NO4. The van der Waals surface area contributed by atoms with Gasteiger partial charge in [0.15, 0.2) is 0 Å². The lowest BCUT2D eigenvalue weighted by Gasteiger charge is -2.11. The molecular weight excluding hydrogens is 294 g/mol. The molecule has 0 fully saturated rings. The highest BCUT2D eigenvalue weighted by Gasteiger charge is 2.13. The van der Waals surface area contributed by atoms with Gasteiger partial charge in [0.1, 0.15) is 0 Å². The molecule has 0 aliphatic heterocycles. The normalized spacial score (nSPS) is 13.7. The van der Waals surface area contributed by atoms with Crippen LogP contribution < -0.4 is 5.32 Å². The summed E-state index contributed by atoms with van der Waals surface area (Å²) in [5.74, 6) is -1.11. The molecule has 0 aliphatic carbocycles. The second kappa shape index (κ2) is 9.10. The van der Waals surface area contributed by atoms with E-state index in [-0.39, 0.29) is 17.4 Å². The molecule has 0 radical (unpaired) electrons. The van der Waals surface area contributed by atoms with Crippen LogP contribution in [0.1, 0.15) is 49.0 Å². The summed E-state index contributed by atoms with van der Waals surface area (Å²) >= 11 is 0. The van der Waals surface area contributed by atoms with E-state index in [4.69, 9.17) is 5.11 Å². The average Bonchev–Trinajstić information content (AvgIpc) is 2.50. The number of carboxylic acid groups (broad SMARTS) is 1. The zero-order valence-corrected chi connectivity index (χ0v) is 13.9. The Morgan fingerprint density at radius 1 is 1.30 bits per heavy atom. The quantitative estimate of drug-likeness (QED) is 0.641. The highest BCUT2D eigenvalue weighted by molar-refractivity contribution is 6.00. The van der Waals surface area contributed by atoms with Crippen LogP contribution in [-0.2, 0) is 4.79 Å². The predicted octanol–water partition coefficient (Wildman–Crippen LogP) is 3.38. The van der Waals surface area contributed by atoms with Gasteiger partial charge in [-0.25, -0.2) is 4.79 Å². The lowest BCUT2D eigenvalue weighted by Crippen LogP contribution is -2.15. The van der Waals surface area contributed by atoms with E-state index in [0.717, 1.165) is 5.56 Å². The SMILES string of the molecule is CCC(O)/C=C\C(C)CCC(=O)Nc1cc(C)ccc1C(=O)O. The Labute approximate surface area is 137 Å². The van der Waals surface area contributed by atoms with Gasteiger partial charge in [0, 0.05) is 6.42 Å². The number of carbonyl (C=O) groups is 2. The minimum absolute atomic E-state index is 0.0861. The van der Waals surface area contributed by atoms with E-state index in [2.05, 4.69) is 5.32 Å². The van der Waals surface area contributed by atoms with Crippen molar-refractivity contribution < 1.29 is 19.8 Å². The van der Waals surface area contributed by atoms with Crippen molar-refractivity contribution in [3.63, 3.8) is 0 Å². The second-order valence-electron chi connectivity index (χ2n) is 5.78. The van der Waals surface area contributed by atoms with Crippen LogP contribution in [0.25, 0.3) is 0 Å². The number of aromatic carboxylic acids is 1. The maximum atomic E-state index is 12.0. The Balaban J connectivity index is 2.59. The molecule has 1 amide bonds. The number of aryl methyl sites for hydroxylation is 1. The van der Waals surface area contributed by atoms with E-state index < -0.39 is 12.1 Å². The van der Waals surface area contributed by atoms with Crippen molar-refractivity contribution >= 4 is 17.6 Å². The van der Waals surface area contributed by atoms with E-state index in [1.165, 1.54) is 6.07 Å². The van der Waals surface area contributed by atoms with Gasteiger partial charge in [-0.05, 0) is 43.4 Å². The standard InChI is InChI=1S/C18H25NO4/c1-4-14(20)8-5-12(2)7-10-17(21)19-16-11-13(3)6-9-15(16)18(22)23/h5-6,8-9,11-12,14,20H,4,7,10H2,1-3H3,(H,19,21)(H,22,23)/b8-5-. The third kappa shape index (κ3) is 6.65. The molecule has 0 saturated carbocycles. The zero-order valence-electron chi connectivity index (χ0n) is 13.9. The van der Waals surface area contributed by atoms with E-state index in [1.807, 2.05) is 26.8 Å². The van der Waals surface area contributed by atoms with Crippen molar-refractivity contribution in [1.82, 2.24) is 0 Å². The van der Waals surface area contributed by atoms with Gasteiger partial charge in [0.2, 0.25) is 5.91 Å². The number of allylic oxidation sites excluding steroid dienone is 1. The second-order valence-corrected chi connectivity index (χ2v) is 5.78. The van der Waals surface area contributed by atoms with Gasteiger partial charge in [-0.15, -0.1) is 0 Å². The Morgan fingerprint density at radius 2 is 2.00 bits per heavy atom. The molecule has 2 atom stereocenters. The van der Waals surface area contributed by atoms with Crippen LogP contribution in [0.5, 0.6) is 0 Å². The third-order valence-electron chi connectivity index (χ3n) is 3.59. The number of benzene rings is 1. The van der Waals surface area contributed by atoms with Gasteiger partial charge in [0.25, 0.3) is 0 Å². The van der Waals surface area contributed by atoms with Crippen LogP contribution in [0.2, 0.25) is 0 Å². The fourth-order valence-corrected chi connectivity index (χ4v) is 2.07. The molecule has 5 heteroatoms. The predicted molar refractivity (Wildman–Crippen MR) is 90.6 cm³/mol. The molecule has 0 spiro atoms. The number of nitrogens with one attached hydrogen (secondary N) is 1. The van der Waals surface area contributed by atoms with E-state index >= 15 is 0 Å². The number of amides is 1. The average molecular weight is 319 g/mol. The summed E-state index contributed by atoms with van der Waals surface area (Å²) < 4.78 is 0. The molecule has 5 nitrogen and oxygen atoms in total. The Hall–Kier alpha value is -2.14. The Bertz CT molecular complexity index is 580. The molecule has 3 N–H and O–H groups in total. The molecule has 2 unspecified atom stereocenters. The minimum atomic E-state index is -1.06. The lowest BCUT2D eigenvalue weighted by atomic mass is 10.0. The van der Waals surface area contributed by atoms with Crippen molar-refractivity contribution in [2.75, 3.05) is 5.32 Å². The first kappa shape index (κ1) is 18.9. The first-order valence-corrected chi connectivity index (χ1v) is 7.83. The number of aliphatic hydroxyl groups is 1. The summed E-state index contributed by atoms with van der Waals surface area (Å²) in [6.45, 7) is 5.71. The number of anilines is 1. The van der Waals surface area contributed by atoms with Crippen molar-refractivity contribution in [3.05, 3.63) is 41.5 Å².